The van der Waals surface area contributed by atoms with Crippen molar-refractivity contribution >= 4 is 28.7 Å². The van der Waals surface area contributed by atoms with E-state index < -0.39 is 35.9 Å². The number of para-hydroxylation sites is 1. The van der Waals surface area contributed by atoms with Crippen LogP contribution in [-0.4, -0.2) is 96.0 Å². The molecule has 0 aliphatic heterocycles. The minimum atomic E-state index is -4.39. The average Bonchev–Trinajstić information content (AvgIpc) is 3.22. The van der Waals surface area contributed by atoms with Crippen molar-refractivity contribution in [1.82, 2.24) is 19.4 Å². The van der Waals surface area contributed by atoms with Gasteiger partial charge in [-0.05, 0) is 65.5 Å². The van der Waals surface area contributed by atoms with Crippen LogP contribution >= 0.6 is 0 Å². The Labute approximate surface area is 333 Å². The molecule has 3 unspecified atom stereocenters. The molecule has 0 spiro atoms. The molecular weight excluding hydrogens is 757 g/mol. The van der Waals surface area contributed by atoms with Crippen LogP contribution in [0, 0.1) is 0 Å². The minimum absolute atomic E-state index is 0.0204. The van der Waals surface area contributed by atoms with Crippen LogP contribution in [0.4, 0.5) is 13.2 Å². The van der Waals surface area contributed by atoms with Crippen molar-refractivity contribution in [3.05, 3.63) is 136 Å². The number of amides is 1. The van der Waals surface area contributed by atoms with Crippen LogP contribution in [0.15, 0.2) is 108 Å². The highest BCUT2D eigenvalue weighted by molar-refractivity contribution is 5.83. The number of likely N-dealkylation sites (N-methyl/N-ethyl adjacent to an activating group) is 1. The summed E-state index contributed by atoms with van der Waals surface area (Å²) in [5, 5.41) is 33.0. The second kappa shape index (κ2) is 20.5. The largest absolute Gasteiger partial charge is 0.479 e. The molecule has 0 aliphatic rings. The summed E-state index contributed by atoms with van der Waals surface area (Å²) in [6.07, 6.45) is -8.43. The minimum Gasteiger partial charge on any atom is -0.479 e. The number of nitrogens with zero attached hydrogens (tertiary/aromatic N) is 4. The van der Waals surface area contributed by atoms with Crippen LogP contribution in [0.5, 0.6) is 0 Å². The highest BCUT2D eigenvalue weighted by Crippen LogP contribution is 2.31. The summed E-state index contributed by atoms with van der Waals surface area (Å²) in [6, 6.07) is 30.0. The molecule has 12 nitrogen and oxygen atoms in total. The Balaban J connectivity index is 0.000000657. The summed E-state index contributed by atoms with van der Waals surface area (Å²) in [5.74, 6) is -3.00. The molecule has 4 aromatic carbocycles. The summed E-state index contributed by atoms with van der Waals surface area (Å²) in [4.78, 5) is 55.5. The molecular formula is C43H47F3N4O8. The third-order valence-electron chi connectivity index (χ3n) is 9.73. The van der Waals surface area contributed by atoms with Gasteiger partial charge in [0.2, 0.25) is 5.91 Å². The Morgan fingerprint density at radius 3 is 1.83 bits per heavy atom. The van der Waals surface area contributed by atoms with Crippen molar-refractivity contribution in [1.29, 1.82) is 0 Å². The van der Waals surface area contributed by atoms with Gasteiger partial charge in [0, 0.05) is 26.1 Å². The van der Waals surface area contributed by atoms with Gasteiger partial charge in [0.1, 0.15) is 12.4 Å². The van der Waals surface area contributed by atoms with E-state index in [1.54, 1.807) is 12.1 Å². The highest BCUT2D eigenvalue weighted by atomic mass is 19.4. The van der Waals surface area contributed by atoms with Crippen LogP contribution in [0.25, 0.3) is 22.0 Å². The second-order valence-corrected chi connectivity index (χ2v) is 13.6. The number of aliphatic carboxylic acids is 2. The third kappa shape index (κ3) is 12.1. The fourth-order valence-corrected chi connectivity index (χ4v) is 6.25. The van der Waals surface area contributed by atoms with Crippen LogP contribution in [0.2, 0.25) is 0 Å². The van der Waals surface area contributed by atoms with Crippen LogP contribution in [0.3, 0.4) is 0 Å². The Morgan fingerprint density at radius 2 is 1.29 bits per heavy atom. The maximum Gasteiger partial charge on any atom is 0.416 e. The van der Waals surface area contributed by atoms with Gasteiger partial charge in [0.25, 0.3) is 5.56 Å². The first kappa shape index (κ1) is 44.8. The zero-order valence-corrected chi connectivity index (χ0v) is 32.3. The number of halogens is 3. The SMILES string of the molecule is CCN(CC)CCN(Cc1ccc(-c2ccc(C(F)(F)F)cc2)cc1)C(=O)Cn1c(CC(C)c2ccccc2)nc(=O)c2ccccc21.O=C(O)C(O)C(O)C(=O)O. The fourth-order valence-electron chi connectivity index (χ4n) is 6.25. The van der Waals surface area contributed by atoms with Gasteiger partial charge >= 0.3 is 18.1 Å². The first-order chi connectivity index (χ1) is 27.5. The fraction of sp³-hybridized carbons (Fsp3) is 0.326. The molecule has 5 rings (SSSR count). The lowest BCUT2D eigenvalue weighted by Crippen LogP contribution is -2.40. The molecule has 15 heteroatoms. The van der Waals surface area contributed by atoms with E-state index in [0.717, 1.165) is 41.9 Å². The van der Waals surface area contributed by atoms with Gasteiger partial charge in [-0.2, -0.15) is 18.2 Å². The Hall–Kier alpha value is -5.90. The normalized spacial score (nSPS) is 13.0. The van der Waals surface area contributed by atoms with E-state index in [1.807, 2.05) is 64.1 Å². The molecule has 0 saturated carbocycles. The number of aliphatic hydroxyl groups excluding tert-OH is 2. The predicted octanol–water partition coefficient (Wildman–Crippen LogP) is 5.68. The van der Waals surface area contributed by atoms with Gasteiger partial charge in [0.05, 0.1) is 16.5 Å². The van der Waals surface area contributed by atoms with E-state index in [0.29, 0.717) is 48.3 Å². The molecule has 0 radical (unpaired) electrons. The van der Waals surface area contributed by atoms with Crippen molar-refractivity contribution in [3.63, 3.8) is 0 Å². The first-order valence-electron chi connectivity index (χ1n) is 18.7. The monoisotopic (exact) mass is 804 g/mol. The number of fused-ring (bicyclic) bond motifs is 1. The number of carbonyl (C=O) groups is 3. The van der Waals surface area contributed by atoms with Crippen molar-refractivity contribution in [2.45, 2.75) is 64.6 Å². The molecule has 3 atom stereocenters. The van der Waals surface area contributed by atoms with E-state index in [1.165, 1.54) is 12.1 Å². The topological polar surface area (TPSA) is 174 Å². The molecule has 1 amide bonds. The molecule has 0 bridgehead atoms. The molecule has 5 aromatic rings. The molecule has 4 N–H and O–H groups in total. The highest BCUT2D eigenvalue weighted by Gasteiger charge is 2.30. The quantitative estimate of drug-likeness (QED) is 0.0973. The Morgan fingerprint density at radius 1 is 0.759 bits per heavy atom. The number of benzene rings is 4. The van der Waals surface area contributed by atoms with Gasteiger partial charge in [-0.15, -0.1) is 0 Å². The van der Waals surface area contributed by atoms with E-state index in [9.17, 15) is 32.3 Å². The zero-order chi connectivity index (χ0) is 42.6. The smallest absolute Gasteiger partial charge is 0.416 e. The van der Waals surface area contributed by atoms with Crippen molar-refractivity contribution in [2.75, 3.05) is 26.2 Å². The molecule has 0 fully saturated rings. The van der Waals surface area contributed by atoms with Crippen LogP contribution in [-0.2, 0) is 40.1 Å². The molecule has 58 heavy (non-hydrogen) atoms. The third-order valence-corrected chi connectivity index (χ3v) is 9.73. The van der Waals surface area contributed by atoms with E-state index in [4.69, 9.17) is 20.4 Å². The summed E-state index contributed by atoms with van der Waals surface area (Å²) in [7, 11) is 0. The van der Waals surface area contributed by atoms with E-state index in [-0.39, 0.29) is 23.9 Å². The Kier molecular flexibility index (Phi) is 15.8. The number of hydrogen-bond acceptors (Lipinski definition) is 8. The summed E-state index contributed by atoms with van der Waals surface area (Å²) in [5.41, 5.74) is 3.17. The van der Waals surface area contributed by atoms with E-state index in [2.05, 4.69) is 42.8 Å². The van der Waals surface area contributed by atoms with Crippen LogP contribution in [0.1, 0.15) is 49.2 Å². The van der Waals surface area contributed by atoms with Crippen molar-refractivity contribution < 1.29 is 48.0 Å². The van der Waals surface area contributed by atoms with Gasteiger partial charge in [-0.3, -0.25) is 9.59 Å². The first-order valence-corrected chi connectivity index (χ1v) is 18.7. The molecule has 308 valence electrons. The van der Waals surface area contributed by atoms with Crippen molar-refractivity contribution in [3.8, 4) is 11.1 Å². The molecule has 1 aromatic heterocycles. The predicted molar refractivity (Wildman–Crippen MR) is 212 cm³/mol. The van der Waals surface area contributed by atoms with Gasteiger partial charge < -0.3 is 34.8 Å². The average molecular weight is 805 g/mol. The summed E-state index contributed by atoms with van der Waals surface area (Å²) < 4.78 is 41.0. The number of hydrogen-bond donors (Lipinski definition) is 4. The number of carbonyl (C=O) groups excluding carboxylic acids is 1. The lowest BCUT2D eigenvalue weighted by atomic mass is 9.97. The number of carboxylic acid groups (broad SMARTS) is 2. The molecule has 0 aliphatic carbocycles. The molecule has 0 saturated heterocycles. The summed E-state index contributed by atoms with van der Waals surface area (Å²) in [6.45, 7) is 9.56. The standard InChI is InChI=1S/C39H41F3N4O2.C4H6O6/c1-4-44(5-2)23-24-45(26-29-15-17-31(18-16-29)32-19-21-33(22-20-32)39(40,41)42)37(47)27-46-35-14-10-9-13-34(35)38(48)43-36(46)25-28(3)30-11-7-6-8-12-30;5-1(3(7)8)2(6)4(9)10/h6-22,28H,4-5,23-27H2,1-3H3;1-2,5-6H,(H,7,8)(H,9,10). The lowest BCUT2D eigenvalue weighted by molar-refractivity contribution is -0.165. The Bertz CT molecular complexity index is 2180. The van der Waals surface area contributed by atoms with E-state index >= 15 is 0 Å². The van der Waals surface area contributed by atoms with Crippen LogP contribution < -0.4 is 5.56 Å². The van der Waals surface area contributed by atoms with Gasteiger partial charge in [-0.25, -0.2) is 9.59 Å². The number of aliphatic hydroxyl groups is 2. The second-order valence-electron chi connectivity index (χ2n) is 13.6. The lowest BCUT2D eigenvalue weighted by Gasteiger charge is -2.28. The maximum atomic E-state index is 14.2. The van der Waals surface area contributed by atoms with Gasteiger partial charge in [-0.1, -0.05) is 99.6 Å². The number of rotatable bonds is 16. The number of alkyl halides is 3. The van der Waals surface area contributed by atoms with Gasteiger partial charge in [0.15, 0.2) is 12.2 Å². The zero-order valence-electron chi connectivity index (χ0n) is 32.3. The molecule has 1 heterocycles. The number of aromatic nitrogens is 2. The summed E-state index contributed by atoms with van der Waals surface area (Å²) >= 11 is 0. The van der Waals surface area contributed by atoms with Crippen molar-refractivity contribution in [2.24, 2.45) is 0 Å². The number of carboxylic acids is 2. The maximum absolute atomic E-state index is 14.2.